The fraction of sp³-hybridized carbons (Fsp3) is 0.536. The third-order valence-electron chi connectivity index (χ3n) is 5.74. The quantitative estimate of drug-likeness (QED) is 0.109. The standard InChI is InChI=1S/C28H41FO4Si/c1-6-12-22(2)21-32-33-28(30)25-13-11-14-26(29)27(25)23-15-17-24(18-16-23)31-19-9-7-8-10-20-34(3,4)5/h11,13-18,22H,6-10,12,19-21H2,1-5H3/t22-/m0/s1. The summed E-state index contributed by atoms with van der Waals surface area (Å²) in [5.41, 5.74) is 0.921. The van der Waals surface area contributed by atoms with Crippen LogP contribution in [0.25, 0.3) is 11.1 Å². The van der Waals surface area contributed by atoms with Gasteiger partial charge in [-0.05, 0) is 48.6 Å². The SMILES string of the molecule is CCC[C@H](C)COOC(=O)c1cccc(F)c1-c1ccc(OCCCCCC[Si](C)(C)C)cc1. The van der Waals surface area contributed by atoms with E-state index < -0.39 is 19.9 Å². The third-order valence-corrected chi connectivity index (χ3v) is 7.59. The molecule has 0 heterocycles. The number of benzene rings is 2. The number of hydrogen-bond donors (Lipinski definition) is 0. The van der Waals surface area contributed by atoms with Crippen molar-refractivity contribution in [3.8, 4) is 16.9 Å². The highest BCUT2D eigenvalue weighted by Gasteiger charge is 2.19. The zero-order chi connectivity index (χ0) is 25.0. The molecule has 2 rings (SSSR count). The molecule has 0 spiro atoms. The van der Waals surface area contributed by atoms with Crippen LogP contribution >= 0.6 is 0 Å². The highest BCUT2D eigenvalue weighted by Crippen LogP contribution is 2.29. The first-order chi connectivity index (χ1) is 16.2. The number of unbranched alkanes of at least 4 members (excludes halogenated alkanes) is 3. The second-order valence-electron chi connectivity index (χ2n) is 10.3. The Morgan fingerprint density at radius 2 is 1.71 bits per heavy atom. The Bertz CT molecular complexity index is 877. The number of carbonyl (C=O) groups excluding carboxylic acids is 1. The Labute approximate surface area is 205 Å². The normalized spacial score (nSPS) is 12.4. The molecule has 0 saturated heterocycles. The maximum Gasteiger partial charge on any atom is 0.373 e. The fourth-order valence-electron chi connectivity index (χ4n) is 3.83. The fourth-order valence-corrected chi connectivity index (χ4v) is 5.14. The van der Waals surface area contributed by atoms with Crippen LogP contribution in [-0.2, 0) is 9.78 Å². The molecule has 34 heavy (non-hydrogen) atoms. The molecule has 1 atom stereocenters. The lowest BCUT2D eigenvalue weighted by Gasteiger charge is -2.15. The van der Waals surface area contributed by atoms with Crippen molar-refractivity contribution in [3.63, 3.8) is 0 Å². The van der Waals surface area contributed by atoms with E-state index in [-0.39, 0.29) is 17.0 Å². The molecule has 0 fully saturated rings. The number of halogens is 1. The number of carbonyl (C=O) groups is 1. The molecule has 2 aromatic rings. The predicted molar refractivity (Wildman–Crippen MR) is 139 cm³/mol. The van der Waals surface area contributed by atoms with Gasteiger partial charge in [0.1, 0.15) is 11.6 Å². The van der Waals surface area contributed by atoms with Crippen LogP contribution in [0.2, 0.25) is 25.7 Å². The first kappa shape index (κ1) is 28.1. The zero-order valence-electron chi connectivity index (χ0n) is 21.5. The maximum atomic E-state index is 14.7. The molecule has 0 bridgehead atoms. The molecule has 2 aromatic carbocycles. The topological polar surface area (TPSA) is 44.8 Å². The van der Waals surface area contributed by atoms with Gasteiger partial charge < -0.3 is 4.74 Å². The van der Waals surface area contributed by atoms with E-state index in [1.165, 1.54) is 37.4 Å². The van der Waals surface area contributed by atoms with Gasteiger partial charge in [0.2, 0.25) is 0 Å². The Morgan fingerprint density at radius 1 is 1.00 bits per heavy atom. The van der Waals surface area contributed by atoms with Crippen molar-refractivity contribution in [2.75, 3.05) is 13.2 Å². The van der Waals surface area contributed by atoms with Crippen LogP contribution in [0.5, 0.6) is 5.75 Å². The molecule has 0 aromatic heterocycles. The van der Waals surface area contributed by atoms with Gasteiger partial charge in [0.05, 0.1) is 18.8 Å². The van der Waals surface area contributed by atoms with E-state index in [9.17, 15) is 9.18 Å². The van der Waals surface area contributed by atoms with Crippen LogP contribution in [0.15, 0.2) is 42.5 Å². The second-order valence-corrected chi connectivity index (χ2v) is 15.9. The second kappa shape index (κ2) is 14.3. The van der Waals surface area contributed by atoms with Gasteiger partial charge in [0.25, 0.3) is 0 Å². The van der Waals surface area contributed by atoms with Crippen molar-refractivity contribution >= 4 is 14.0 Å². The van der Waals surface area contributed by atoms with Crippen LogP contribution in [0.3, 0.4) is 0 Å². The number of rotatable bonds is 15. The lowest BCUT2D eigenvalue weighted by Crippen LogP contribution is -2.18. The first-order valence-corrected chi connectivity index (χ1v) is 16.3. The summed E-state index contributed by atoms with van der Waals surface area (Å²) < 4.78 is 20.5. The summed E-state index contributed by atoms with van der Waals surface area (Å²) in [4.78, 5) is 22.7. The molecule has 0 aliphatic carbocycles. The van der Waals surface area contributed by atoms with Crippen molar-refractivity contribution < 1.29 is 23.7 Å². The average Bonchev–Trinajstić information content (AvgIpc) is 2.78. The summed E-state index contributed by atoms with van der Waals surface area (Å²) in [5.74, 6) is -0.171. The minimum Gasteiger partial charge on any atom is -0.494 e. The van der Waals surface area contributed by atoms with Crippen LogP contribution in [0.1, 0.15) is 62.7 Å². The van der Waals surface area contributed by atoms with E-state index in [1.54, 1.807) is 18.2 Å². The predicted octanol–water partition coefficient (Wildman–Crippen LogP) is 8.29. The van der Waals surface area contributed by atoms with Crippen LogP contribution in [0, 0.1) is 11.7 Å². The summed E-state index contributed by atoms with van der Waals surface area (Å²) in [6.07, 6.45) is 6.76. The molecule has 0 aliphatic rings. The Morgan fingerprint density at radius 3 is 2.38 bits per heavy atom. The van der Waals surface area contributed by atoms with E-state index in [0.717, 1.165) is 25.0 Å². The lowest BCUT2D eigenvalue weighted by atomic mass is 9.99. The van der Waals surface area contributed by atoms with Crippen molar-refractivity contribution in [1.82, 2.24) is 0 Å². The summed E-state index contributed by atoms with van der Waals surface area (Å²) in [7, 11) is -0.936. The van der Waals surface area contributed by atoms with E-state index in [0.29, 0.717) is 18.8 Å². The van der Waals surface area contributed by atoms with Gasteiger partial charge in [-0.3, -0.25) is 4.89 Å². The van der Waals surface area contributed by atoms with Crippen molar-refractivity contribution in [2.24, 2.45) is 5.92 Å². The minimum absolute atomic E-state index is 0.134. The molecule has 0 aliphatic heterocycles. The van der Waals surface area contributed by atoms with Crippen LogP contribution in [-0.4, -0.2) is 27.3 Å². The molecule has 0 unspecified atom stereocenters. The third kappa shape index (κ3) is 9.98. The van der Waals surface area contributed by atoms with Gasteiger partial charge >= 0.3 is 5.97 Å². The van der Waals surface area contributed by atoms with Crippen LogP contribution < -0.4 is 4.74 Å². The first-order valence-electron chi connectivity index (χ1n) is 12.6. The van der Waals surface area contributed by atoms with Crippen LogP contribution in [0.4, 0.5) is 4.39 Å². The summed E-state index contributed by atoms with van der Waals surface area (Å²) in [5, 5.41) is 0. The number of ether oxygens (including phenoxy) is 1. The maximum absolute atomic E-state index is 14.7. The molecule has 0 saturated carbocycles. The molecule has 0 amide bonds. The van der Waals surface area contributed by atoms with E-state index in [4.69, 9.17) is 14.5 Å². The molecule has 0 N–H and O–H groups in total. The molecular formula is C28H41FO4Si. The van der Waals surface area contributed by atoms with Crippen molar-refractivity contribution in [2.45, 2.75) is 78.1 Å². The highest BCUT2D eigenvalue weighted by molar-refractivity contribution is 6.76. The van der Waals surface area contributed by atoms with Gasteiger partial charge in [-0.1, -0.05) is 83.4 Å². The van der Waals surface area contributed by atoms with Gasteiger partial charge in [0.15, 0.2) is 0 Å². The molecule has 4 nitrogen and oxygen atoms in total. The minimum atomic E-state index is -0.936. The molecular weight excluding hydrogens is 447 g/mol. The van der Waals surface area contributed by atoms with Crippen molar-refractivity contribution in [3.05, 3.63) is 53.8 Å². The molecule has 0 radical (unpaired) electrons. The van der Waals surface area contributed by atoms with Gasteiger partial charge in [-0.2, -0.15) is 4.89 Å². The van der Waals surface area contributed by atoms with Gasteiger partial charge in [-0.15, -0.1) is 0 Å². The highest BCUT2D eigenvalue weighted by atomic mass is 28.3. The molecule has 188 valence electrons. The Kier molecular flexibility index (Phi) is 11.8. The average molecular weight is 489 g/mol. The van der Waals surface area contributed by atoms with E-state index in [1.807, 2.05) is 19.1 Å². The number of hydrogen-bond acceptors (Lipinski definition) is 4. The van der Waals surface area contributed by atoms with Crippen molar-refractivity contribution in [1.29, 1.82) is 0 Å². The summed E-state index contributed by atoms with van der Waals surface area (Å²) >= 11 is 0. The smallest absolute Gasteiger partial charge is 0.373 e. The van der Waals surface area contributed by atoms with E-state index in [2.05, 4.69) is 26.6 Å². The molecule has 6 heteroatoms. The van der Waals surface area contributed by atoms with Gasteiger partial charge in [-0.25, -0.2) is 9.18 Å². The zero-order valence-corrected chi connectivity index (χ0v) is 22.5. The Balaban J connectivity index is 1.90. The lowest BCUT2D eigenvalue weighted by molar-refractivity contribution is -0.248. The summed E-state index contributed by atoms with van der Waals surface area (Å²) in [6, 6.07) is 12.9. The Hall–Kier alpha value is -2.18. The summed E-state index contributed by atoms with van der Waals surface area (Å²) in [6.45, 7) is 12.3. The largest absolute Gasteiger partial charge is 0.494 e. The monoisotopic (exact) mass is 488 g/mol. The van der Waals surface area contributed by atoms with E-state index >= 15 is 0 Å². The van der Waals surface area contributed by atoms with Gasteiger partial charge in [0, 0.05) is 13.6 Å².